The molecule has 0 aromatic carbocycles. The van der Waals surface area contributed by atoms with Crippen LogP contribution in [0.1, 0.15) is 25.7 Å². The Bertz CT molecular complexity index is 307. The lowest BCUT2D eigenvalue weighted by Gasteiger charge is -2.12. The summed E-state index contributed by atoms with van der Waals surface area (Å²) in [6.45, 7) is 4.42. The molecule has 94 valence electrons. The van der Waals surface area contributed by atoms with Crippen molar-refractivity contribution in [2.75, 3.05) is 13.2 Å². The average Bonchev–Trinajstić information content (AvgIpc) is 2.72. The fourth-order valence-electron chi connectivity index (χ4n) is 1.31. The summed E-state index contributed by atoms with van der Waals surface area (Å²) in [6, 6.07) is 0. The zero-order valence-corrected chi connectivity index (χ0v) is 9.52. The van der Waals surface area contributed by atoms with Crippen LogP contribution in [0.3, 0.4) is 0 Å². The van der Waals surface area contributed by atoms with Crippen LogP contribution < -0.4 is 0 Å². The maximum absolute atomic E-state index is 11.3. The molecule has 0 radical (unpaired) electrons. The fraction of sp³-hybridized carbons (Fsp3) is 0.545. The van der Waals surface area contributed by atoms with Crippen molar-refractivity contribution in [3.05, 3.63) is 12.7 Å². The van der Waals surface area contributed by atoms with Crippen molar-refractivity contribution in [1.82, 2.24) is 4.90 Å². The van der Waals surface area contributed by atoms with E-state index in [-0.39, 0.29) is 12.1 Å². The van der Waals surface area contributed by atoms with E-state index in [0.29, 0.717) is 19.6 Å². The van der Waals surface area contributed by atoms with E-state index in [1.54, 1.807) is 6.08 Å². The van der Waals surface area contributed by atoms with Gasteiger partial charge in [-0.25, -0.2) is 9.69 Å². The molecule has 0 aliphatic carbocycles. The molecule has 6 nitrogen and oxygen atoms in total. The number of ether oxygens (including phenoxy) is 1. The molecule has 17 heavy (non-hydrogen) atoms. The van der Waals surface area contributed by atoms with Crippen molar-refractivity contribution in [3.8, 4) is 0 Å². The summed E-state index contributed by atoms with van der Waals surface area (Å²) < 4.78 is 4.92. The van der Waals surface area contributed by atoms with Crippen LogP contribution >= 0.6 is 0 Å². The van der Waals surface area contributed by atoms with Crippen molar-refractivity contribution in [1.29, 1.82) is 0 Å². The van der Waals surface area contributed by atoms with Crippen LogP contribution in [0.15, 0.2) is 12.7 Å². The lowest BCUT2D eigenvalue weighted by Crippen LogP contribution is -2.32. The molecule has 1 aliphatic heterocycles. The summed E-state index contributed by atoms with van der Waals surface area (Å²) in [5.41, 5.74) is 0. The molecule has 0 spiro atoms. The van der Waals surface area contributed by atoms with Gasteiger partial charge in [0.05, 0.1) is 6.61 Å². The van der Waals surface area contributed by atoms with Crippen LogP contribution in [0.5, 0.6) is 0 Å². The van der Waals surface area contributed by atoms with Crippen LogP contribution in [0.4, 0.5) is 4.79 Å². The first-order valence-corrected chi connectivity index (χ1v) is 5.24. The van der Waals surface area contributed by atoms with E-state index in [1.807, 2.05) is 0 Å². The molecule has 1 rings (SSSR count). The lowest BCUT2D eigenvalue weighted by atomic mass is 10.3. The minimum atomic E-state index is -0.503. The fourth-order valence-corrected chi connectivity index (χ4v) is 1.31. The highest BCUT2D eigenvalue weighted by molar-refractivity contribution is 5.93. The molecule has 0 atom stereocenters. The van der Waals surface area contributed by atoms with Crippen molar-refractivity contribution in [2.24, 2.45) is 0 Å². The number of likely N-dealkylation sites (tertiary alicyclic amines) is 1. The molecule has 1 heterocycles. The van der Waals surface area contributed by atoms with Gasteiger partial charge in [0.2, 0.25) is 5.91 Å². The minimum absolute atomic E-state index is 0.126. The van der Waals surface area contributed by atoms with Crippen LogP contribution in [0.25, 0.3) is 0 Å². The van der Waals surface area contributed by atoms with E-state index >= 15 is 0 Å². The number of amides is 2. The number of unbranched alkanes of at least 4 members (excludes halogenated alkanes) is 1. The first-order chi connectivity index (χ1) is 8.17. The number of hydrogen-bond acceptors (Lipinski definition) is 5. The van der Waals surface area contributed by atoms with Crippen molar-refractivity contribution in [3.63, 3.8) is 0 Å². The molecular formula is C11H15NO5. The van der Waals surface area contributed by atoms with Gasteiger partial charge in [0.25, 0.3) is 0 Å². The monoisotopic (exact) mass is 241 g/mol. The molecule has 2 amide bonds. The predicted molar refractivity (Wildman–Crippen MR) is 56.7 cm³/mol. The van der Waals surface area contributed by atoms with Crippen molar-refractivity contribution in [2.45, 2.75) is 25.7 Å². The van der Waals surface area contributed by atoms with E-state index in [1.165, 1.54) is 4.90 Å². The van der Waals surface area contributed by atoms with E-state index in [9.17, 15) is 9.59 Å². The Morgan fingerprint density at radius 2 is 2.18 bits per heavy atom. The largest absolute Gasteiger partial charge is 0.449 e. The van der Waals surface area contributed by atoms with E-state index < -0.39 is 6.09 Å². The topological polar surface area (TPSA) is 80.8 Å². The Kier molecular flexibility index (Phi) is 8.24. The SMILES string of the molecule is C=CCCCOC(=O)N1CCCC1=O.O=C=O. The molecule has 1 aliphatic rings. The second-order valence-corrected chi connectivity index (χ2v) is 3.28. The summed E-state index contributed by atoms with van der Waals surface area (Å²) in [5, 5.41) is 0. The molecule has 0 aromatic heterocycles. The van der Waals surface area contributed by atoms with Gasteiger partial charge in [-0.2, -0.15) is 9.59 Å². The zero-order chi connectivity index (χ0) is 13.1. The second-order valence-electron chi connectivity index (χ2n) is 3.28. The molecule has 6 heteroatoms. The molecule has 0 bridgehead atoms. The summed E-state index contributed by atoms with van der Waals surface area (Å²) in [7, 11) is 0. The van der Waals surface area contributed by atoms with Crippen LogP contribution in [-0.2, 0) is 19.1 Å². The third-order valence-electron chi connectivity index (χ3n) is 2.07. The molecule has 0 aromatic rings. The Hall–Kier alpha value is -1.94. The first-order valence-electron chi connectivity index (χ1n) is 5.24. The van der Waals surface area contributed by atoms with Gasteiger partial charge in [-0.15, -0.1) is 6.58 Å². The summed E-state index contributed by atoms with van der Waals surface area (Å²) in [5.74, 6) is -0.126. The number of allylic oxidation sites excluding steroid dienone is 1. The summed E-state index contributed by atoms with van der Waals surface area (Å²) in [6.07, 6.45) is 4.31. The molecule has 0 unspecified atom stereocenters. The van der Waals surface area contributed by atoms with Gasteiger partial charge in [0.15, 0.2) is 0 Å². The quantitative estimate of drug-likeness (QED) is 0.544. The average molecular weight is 241 g/mol. The normalized spacial score (nSPS) is 13.4. The smallest absolute Gasteiger partial charge is 0.416 e. The van der Waals surface area contributed by atoms with Crippen LogP contribution in [-0.4, -0.2) is 36.2 Å². The number of rotatable bonds is 4. The zero-order valence-electron chi connectivity index (χ0n) is 9.52. The van der Waals surface area contributed by atoms with Gasteiger partial charge in [-0.1, -0.05) is 6.08 Å². The summed E-state index contributed by atoms with van der Waals surface area (Å²) >= 11 is 0. The molecular weight excluding hydrogens is 226 g/mol. The Balaban J connectivity index is 0.000000770. The number of nitrogens with zero attached hydrogens (tertiary/aromatic N) is 1. The second kappa shape index (κ2) is 9.30. The maximum Gasteiger partial charge on any atom is 0.416 e. The Morgan fingerprint density at radius 1 is 1.53 bits per heavy atom. The first kappa shape index (κ1) is 15.1. The van der Waals surface area contributed by atoms with E-state index in [2.05, 4.69) is 6.58 Å². The van der Waals surface area contributed by atoms with Crippen molar-refractivity contribution >= 4 is 18.2 Å². The standard InChI is InChI=1S/C10H15NO3.CO2/c1-2-3-4-8-14-10(13)11-7-5-6-9(11)12;2-1-3/h2H,1,3-8H2;. The molecule has 0 saturated carbocycles. The molecule has 1 fully saturated rings. The van der Waals surface area contributed by atoms with Gasteiger partial charge in [0.1, 0.15) is 0 Å². The van der Waals surface area contributed by atoms with Crippen LogP contribution in [0, 0.1) is 0 Å². The van der Waals surface area contributed by atoms with Gasteiger partial charge in [-0.05, 0) is 19.3 Å². The summed E-state index contributed by atoms with van der Waals surface area (Å²) in [4.78, 5) is 39.8. The third-order valence-corrected chi connectivity index (χ3v) is 2.07. The Labute approximate surface area is 99.2 Å². The minimum Gasteiger partial charge on any atom is -0.449 e. The van der Waals surface area contributed by atoms with Gasteiger partial charge in [-0.3, -0.25) is 4.79 Å². The van der Waals surface area contributed by atoms with Gasteiger partial charge in [0, 0.05) is 13.0 Å². The number of carbonyl (C=O) groups is 2. The van der Waals surface area contributed by atoms with Crippen molar-refractivity contribution < 1.29 is 23.9 Å². The molecule has 0 N–H and O–H groups in total. The van der Waals surface area contributed by atoms with Gasteiger partial charge >= 0.3 is 12.2 Å². The predicted octanol–water partition coefficient (Wildman–Crippen LogP) is 1.13. The highest BCUT2D eigenvalue weighted by Gasteiger charge is 2.27. The Morgan fingerprint density at radius 3 is 2.65 bits per heavy atom. The maximum atomic E-state index is 11.3. The third kappa shape index (κ3) is 6.27. The van der Waals surface area contributed by atoms with E-state index in [4.69, 9.17) is 14.3 Å². The van der Waals surface area contributed by atoms with Gasteiger partial charge < -0.3 is 4.74 Å². The number of carbonyl (C=O) groups excluding carboxylic acids is 4. The number of imide groups is 1. The lowest BCUT2D eigenvalue weighted by molar-refractivity contribution is -0.191. The highest BCUT2D eigenvalue weighted by atomic mass is 16.6. The molecule has 1 saturated heterocycles. The number of hydrogen-bond donors (Lipinski definition) is 0. The highest BCUT2D eigenvalue weighted by Crippen LogP contribution is 2.10. The van der Waals surface area contributed by atoms with Crippen LogP contribution in [0.2, 0.25) is 0 Å². The van der Waals surface area contributed by atoms with E-state index in [0.717, 1.165) is 19.3 Å².